The van der Waals surface area contributed by atoms with Crippen LogP contribution in [0.5, 0.6) is 0 Å². The highest BCUT2D eigenvalue weighted by Crippen LogP contribution is 2.11. The van der Waals surface area contributed by atoms with Gasteiger partial charge in [0.1, 0.15) is 11.4 Å². The highest BCUT2D eigenvalue weighted by molar-refractivity contribution is 8.14. The Morgan fingerprint density at radius 3 is 1.82 bits per heavy atom. The van der Waals surface area contributed by atoms with E-state index in [1.54, 1.807) is 18.2 Å². The molecular formula is C13H13N5O2S2. The third-order valence-corrected chi connectivity index (χ3v) is 4.61. The quantitative estimate of drug-likeness (QED) is 0.831. The Kier molecular flexibility index (Phi) is 4.74. The molecule has 3 heterocycles. The lowest BCUT2D eigenvalue weighted by molar-refractivity contribution is 0.0969. The van der Waals surface area contributed by atoms with Crippen LogP contribution in [0.1, 0.15) is 21.0 Å². The third kappa shape index (κ3) is 3.66. The van der Waals surface area contributed by atoms with E-state index in [4.69, 9.17) is 0 Å². The van der Waals surface area contributed by atoms with Crippen molar-refractivity contribution in [3.8, 4) is 0 Å². The second-order valence-electron chi connectivity index (χ2n) is 4.39. The molecule has 114 valence electrons. The van der Waals surface area contributed by atoms with Gasteiger partial charge in [-0.1, -0.05) is 29.6 Å². The zero-order valence-corrected chi connectivity index (χ0v) is 13.2. The van der Waals surface area contributed by atoms with Crippen LogP contribution >= 0.6 is 23.5 Å². The first kappa shape index (κ1) is 15.0. The van der Waals surface area contributed by atoms with Crippen molar-refractivity contribution in [2.75, 3.05) is 24.6 Å². The lowest BCUT2D eigenvalue weighted by Gasteiger charge is -2.06. The molecule has 0 spiro atoms. The monoisotopic (exact) mass is 335 g/mol. The molecule has 0 aromatic carbocycles. The molecule has 0 radical (unpaired) electrons. The highest BCUT2D eigenvalue weighted by atomic mass is 32.2. The zero-order chi connectivity index (χ0) is 15.4. The van der Waals surface area contributed by atoms with Gasteiger partial charge in [-0.2, -0.15) is 0 Å². The minimum Gasteiger partial charge on any atom is -0.300 e. The molecule has 2 aliphatic rings. The molecule has 0 aliphatic carbocycles. The van der Waals surface area contributed by atoms with Gasteiger partial charge in [-0.15, -0.1) is 0 Å². The van der Waals surface area contributed by atoms with Crippen molar-refractivity contribution in [3.63, 3.8) is 0 Å². The van der Waals surface area contributed by atoms with E-state index in [1.807, 2.05) is 0 Å². The van der Waals surface area contributed by atoms with Crippen LogP contribution in [0.4, 0.5) is 0 Å². The maximum absolute atomic E-state index is 12.1. The summed E-state index contributed by atoms with van der Waals surface area (Å²) in [6, 6.07) is 4.76. The Hall–Kier alpha value is -1.87. The van der Waals surface area contributed by atoms with Crippen molar-refractivity contribution in [1.29, 1.82) is 0 Å². The number of carbonyl (C=O) groups is 2. The average molecular weight is 335 g/mol. The minimum absolute atomic E-state index is 0.184. The summed E-state index contributed by atoms with van der Waals surface area (Å²) in [5.41, 5.74) is 0.368. The van der Waals surface area contributed by atoms with Crippen molar-refractivity contribution in [2.24, 2.45) is 9.98 Å². The number of rotatable bonds is 2. The number of carbonyl (C=O) groups excluding carboxylic acids is 2. The zero-order valence-electron chi connectivity index (χ0n) is 11.5. The Labute approximate surface area is 135 Å². The second kappa shape index (κ2) is 6.93. The van der Waals surface area contributed by atoms with Crippen molar-refractivity contribution in [2.45, 2.75) is 0 Å². The number of aliphatic imine (C=N–C) groups is 2. The van der Waals surface area contributed by atoms with E-state index in [-0.39, 0.29) is 23.2 Å². The molecule has 1 aromatic rings. The van der Waals surface area contributed by atoms with E-state index in [0.29, 0.717) is 23.4 Å². The first-order valence-electron chi connectivity index (χ1n) is 6.66. The second-order valence-corrected chi connectivity index (χ2v) is 6.55. The minimum atomic E-state index is -0.365. The van der Waals surface area contributed by atoms with Gasteiger partial charge in [-0.25, -0.2) is 4.98 Å². The number of aromatic nitrogens is 1. The lowest BCUT2D eigenvalue weighted by atomic mass is 10.3. The largest absolute Gasteiger partial charge is 0.300 e. The Morgan fingerprint density at radius 2 is 1.41 bits per heavy atom. The van der Waals surface area contributed by atoms with E-state index in [0.717, 1.165) is 11.5 Å². The molecule has 0 bridgehead atoms. The first-order chi connectivity index (χ1) is 10.7. The molecule has 3 rings (SSSR count). The fourth-order valence-electron chi connectivity index (χ4n) is 1.83. The smallest absolute Gasteiger partial charge is 0.275 e. The molecule has 0 unspecified atom stereocenters. The summed E-state index contributed by atoms with van der Waals surface area (Å²) >= 11 is 2.98. The number of hydrogen-bond acceptors (Lipinski definition) is 7. The molecule has 0 saturated carbocycles. The number of thioether (sulfide) groups is 2. The van der Waals surface area contributed by atoms with Crippen LogP contribution in [0, 0.1) is 0 Å². The van der Waals surface area contributed by atoms with E-state index in [9.17, 15) is 9.59 Å². The van der Waals surface area contributed by atoms with Gasteiger partial charge in [0.25, 0.3) is 11.8 Å². The molecule has 9 heteroatoms. The van der Waals surface area contributed by atoms with Crippen LogP contribution in [0.2, 0.25) is 0 Å². The van der Waals surface area contributed by atoms with E-state index >= 15 is 0 Å². The molecule has 7 nitrogen and oxygen atoms in total. The van der Waals surface area contributed by atoms with Crippen LogP contribution in [0.15, 0.2) is 28.2 Å². The summed E-state index contributed by atoms with van der Waals surface area (Å²) in [5, 5.41) is 6.56. The number of hydrogen-bond donors (Lipinski definition) is 2. The summed E-state index contributed by atoms with van der Waals surface area (Å²) in [6.07, 6.45) is 0. The average Bonchev–Trinajstić information content (AvgIpc) is 3.21. The topological polar surface area (TPSA) is 95.8 Å². The summed E-state index contributed by atoms with van der Waals surface area (Å²) in [6.45, 7) is 1.41. The number of nitrogens with one attached hydrogen (secondary N) is 2. The summed E-state index contributed by atoms with van der Waals surface area (Å²) in [5.74, 6) is 1.00. The molecule has 22 heavy (non-hydrogen) atoms. The van der Waals surface area contributed by atoms with E-state index in [1.165, 1.54) is 23.5 Å². The summed E-state index contributed by atoms with van der Waals surface area (Å²) in [4.78, 5) is 36.6. The van der Waals surface area contributed by atoms with Crippen LogP contribution in [-0.4, -0.2) is 51.7 Å². The Bertz CT molecular complexity index is 621. The van der Waals surface area contributed by atoms with Gasteiger partial charge < -0.3 is 0 Å². The number of pyridine rings is 1. The molecule has 0 atom stereocenters. The number of nitrogens with zero attached hydrogens (tertiary/aromatic N) is 3. The summed E-state index contributed by atoms with van der Waals surface area (Å²) in [7, 11) is 0. The maximum atomic E-state index is 12.1. The van der Waals surface area contributed by atoms with Gasteiger partial charge in [-0.3, -0.25) is 30.2 Å². The van der Waals surface area contributed by atoms with Gasteiger partial charge in [0.2, 0.25) is 0 Å². The molecule has 2 aliphatic heterocycles. The van der Waals surface area contributed by atoms with E-state index < -0.39 is 0 Å². The summed E-state index contributed by atoms with van der Waals surface area (Å²) < 4.78 is 0. The van der Waals surface area contributed by atoms with Gasteiger partial charge in [-0.05, 0) is 12.1 Å². The number of amidine groups is 2. The van der Waals surface area contributed by atoms with Crippen molar-refractivity contribution < 1.29 is 9.59 Å². The SMILES string of the molecule is O=C(NC1=NCCS1)c1cccc(C(=O)NC2=NCCS2)n1. The molecular weight excluding hydrogens is 322 g/mol. The van der Waals surface area contributed by atoms with E-state index in [2.05, 4.69) is 25.6 Å². The van der Waals surface area contributed by atoms with Crippen LogP contribution in [0.25, 0.3) is 0 Å². The molecule has 0 saturated heterocycles. The molecule has 1 aromatic heterocycles. The number of amides is 2. The lowest BCUT2D eigenvalue weighted by Crippen LogP contribution is -2.31. The first-order valence-corrected chi connectivity index (χ1v) is 8.64. The van der Waals surface area contributed by atoms with Gasteiger partial charge >= 0.3 is 0 Å². The van der Waals surface area contributed by atoms with Gasteiger partial charge in [0, 0.05) is 11.5 Å². The van der Waals surface area contributed by atoms with Gasteiger partial charge in [0.05, 0.1) is 13.1 Å². The maximum Gasteiger partial charge on any atom is 0.275 e. The fraction of sp³-hybridized carbons (Fsp3) is 0.308. The van der Waals surface area contributed by atoms with Gasteiger partial charge in [0.15, 0.2) is 10.3 Å². The van der Waals surface area contributed by atoms with Crippen molar-refractivity contribution >= 4 is 45.7 Å². The van der Waals surface area contributed by atoms with Crippen LogP contribution in [-0.2, 0) is 0 Å². The van der Waals surface area contributed by atoms with Crippen LogP contribution < -0.4 is 10.6 Å². The highest BCUT2D eigenvalue weighted by Gasteiger charge is 2.17. The molecule has 0 fully saturated rings. The third-order valence-electron chi connectivity index (χ3n) is 2.83. The van der Waals surface area contributed by atoms with Crippen molar-refractivity contribution in [1.82, 2.24) is 15.6 Å². The van der Waals surface area contributed by atoms with Crippen LogP contribution in [0.3, 0.4) is 0 Å². The fourth-order valence-corrected chi connectivity index (χ4v) is 3.28. The Balaban J connectivity index is 1.68. The molecule has 2 amide bonds. The normalized spacial score (nSPS) is 16.9. The predicted molar refractivity (Wildman–Crippen MR) is 88.7 cm³/mol. The Morgan fingerprint density at radius 1 is 0.909 bits per heavy atom. The standard InChI is InChI=1S/C13H13N5O2S2/c19-10(17-12-14-4-6-21-12)8-2-1-3-9(16-8)11(20)18-13-15-5-7-22-13/h1-3H,4-7H2,(H,14,17,19)(H,15,18,20). The molecule has 2 N–H and O–H groups in total. The van der Waals surface area contributed by atoms with Crippen molar-refractivity contribution in [3.05, 3.63) is 29.6 Å². The predicted octanol–water partition coefficient (Wildman–Crippen LogP) is 0.747.